The van der Waals surface area contributed by atoms with Crippen LogP contribution in [0.5, 0.6) is 0 Å². The Morgan fingerprint density at radius 1 is 1.32 bits per heavy atom. The van der Waals surface area contributed by atoms with Crippen molar-refractivity contribution in [3.63, 3.8) is 0 Å². The quantitative estimate of drug-likeness (QED) is 0.912. The lowest BCUT2D eigenvalue weighted by molar-refractivity contribution is 0.0950. The highest BCUT2D eigenvalue weighted by atomic mass is 19.1. The van der Waals surface area contributed by atoms with Crippen LogP contribution in [0.2, 0.25) is 0 Å². The van der Waals surface area contributed by atoms with Gasteiger partial charge in [0.25, 0.3) is 5.91 Å². The summed E-state index contributed by atoms with van der Waals surface area (Å²) in [4.78, 5) is 15.3. The molecule has 0 bridgehead atoms. The Morgan fingerprint density at radius 2 is 2.05 bits per heavy atom. The molecule has 0 aliphatic rings. The lowest BCUT2D eigenvalue weighted by Gasteiger charge is -2.05. The number of halogens is 1. The third-order valence-electron chi connectivity index (χ3n) is 2.50. The van der Waals surface area contributed by atoms with Crippen molar-refractivity contribution < 1.29 is 9.18 Å². The summed E-state index contributed by atoms with van der Waals surface area (Å²) in [7, 11) is 0. The van der Waals surface area contributed by atoms with E-state index in [1.807, 2.05) is 6.07 Å². The summed E-state index contributed by atoms with van der Waals surface area (Å²) in [6.07, 6.45) is 2.34. The molecule has 5 heteroatoms. The second-order valence-corrected chi connectivity index (χ2v) is 3.88. The molecule has 0 saturated carbocycles. The predicted octanol–water partition coefficient (Wildman–Crippen LogP) is 2.02. The van der Waals surface area contributed by atoms with E-state index in [1.54, 1.807) is 24.3 Å². The zero-order valence-electron chi connectivity index (χ0n) is 9.93. The van der Waals surface area contributed by atoms with Gasteiger partial charge in [0.1, 0.15) is 5.82 Å². The van der Waals surface area contributed by atoms with Gasteiger partial charge in [-0.15, -0.1) is 0 Å². The molecule has 4 nitrogen and oxygen atoms in total. The van der Waals surface area contributed by atoms with Crippen LogP contribution in [0.15, 0.2) is 42.7 Å². The maximum Gasteiger partial charge on any atom is 0.253 e. The standard InChI is InChI=1S/C14H10FN3O/c15-13-5-12(8-17-9-13)14(19)18-7-11-3-1-10(6-16)2-4-11/h1-5,8-9H,7H2,(H,18,19). The van der Waals surface area contributed by atoms with E-state index in [1.165, 1.54) is 6.20 Å². The first-order valence-electron chi connectivity index (χ1n) is 5.57. The predicted molar refractivity (Wildman–Crippen MR) is 66.5 cm³/mol. The summed E-state index contributed by atoms with van der Waals surface area (Å²) in [5.74, 6) is -0.942. The number of hydrogen-bond acceptors (Lipinski definition) is 3. The Labute approximate surface area is 109 Å². The number of aromatic nitrogens is 1. The molecule has 0 fully saturated rings. The lowest BCUT2D eigenvalue weighted by atomic mass is 10.1. The average Bonchev–Trinajstić information content (AvgIpc) is 2.45. The third kappa shape index (κ3) is 3.36. The third-order valence-corrected chi connectivity index (χ3v) is 2.50. The minimum Gasteiger partial charge on any atom is -0.348 e. The molecule has 1 N–H and O–H groups in total. The highest BCUT2D eigenvalue weighted by molar-refractivity contribution is 5.93. The Hall–Kier alpha value is -2.74. The Balaban J connectivity index is 1.98. The van der Waals surface area contributed by atoms with E-state index < -0.39 is 11.7 Å². The van der Waals surface area contributed by atoms with E-state index in [9.17, 15) is 9.18 Å². The molecule has 19 heavy (non-hydrogen) atoms. The van der Waals surface area contributed by atoms with E-state index >= 15 is 0 Å². The maximum atomic E-state index is 12.9. The molecule has 0 spiro atoms. The monoisotopic (exact) mass is 255 g/mol. The molecule has 94 valence electrons. The van der Waals surface area contributed by atoms with Gasteiger partial charge < -0.3 is 5.32 Å². The van der Waals surface area contributed by atoms with Crippen LogP contribution in [-0.2, 0) is 6.54 Å². The van der Waals surface area contributed by atoms with Gasteiger partial charge in [-0.25, -0.2) is 4.39 Å². The molecule has 0 aliphatic carbocycles. The number of pyridine rings is 1. The van der Waals surface area contributed by atoms with E-state index in [0.717, 1.165) is 17.8 Å². The molecule has 1 amide bonds. The fraction of sp³-hybridized carbons (Fsp3) is 0.0714. The first kappa shape index (κ1) is 12.7. The van der Waals surface area contributed by atoms with Crippen molar-refractivity contribution >= 4 is 5.91 Å². The fourth-order valence-electron chi connectivity index (χ4n) is 1.52. The molecule has 2 rings (SSSR count). The van der Waals surface area contributed by atoms with Crippen LogP contribution in [0.25, 0.3) is 0 Å². The van der Waals surface area contributed by atoms with E-state index in [0.29, 0.717) is 12.1 Å². The molecular weight excluding hydrogens is 245 g/mol. The molecule has 1 heterocycles. The molecule has 1 aromatic heterocycles. The van der Waals surface area contributed by atoms with Crippen molar-refractivity contribution in [2.24, 2.45) is 0 Å². The van der Waals surface area contributed by atoms with Crippen molar-refractivity contribution in [2.45, 2.75) is 6.54 Å². The summed E-state index contributed by atoms with van der Waals surface area (Å²) in [6.45, 7) is 0.307. The van der Waals surface area contributed by atoms with Gasteiger partial charge in [-0.1, -0.05) is 12.1 Å². The molecule has 0 radical (unpaired) electrons. The number of hydrogen-bond donors (Lipinski definition) is 1. The van der Waals surface area contributed by atoms with Crippen LogP contribution in [0.3, 0.4) is 0 Å². The van der Waals surface area contributed by atoms with Gasteiger partial charge >= 0.3 is 0 Å². The van der Waals surface area contributed by atoms with Crippen molar-refractivity contribution in [2.75, 3.05) is 0 Å². The Kier molecular flexibility index (Phi) is 3.84. The highest BCUT2D eigenvalue weighted by Gasteiger charge is 2.06. The first-order chi connectivity index (χ1) is 9.19. The number of nitrogens with one attached hydrogen (secondary N) is 1. The summed E-state index contributed by atoms with van der Waals surface area (Å²) in [6, 6.07) is 9.99. The van der Waals surface area contributed by atoms with E-state index in [2.05, 4.69) is 10.3 Å². The molecule has 0 atom stereocenters. The lowest BCUT2D eigenvalue weighted by Crippen LogP contribution is -2.23. The number of nitriles is 1. The van der Waals surface area contributed by atoms with E-state index in [-0.39, 0.29) is 5.56 Å². The molecule has 0 unspecified atom stereocenters. The normalized spacial score (nSPS) is 9.68. The van der Waals surface area contributed by atoms with Crippen molar-refractivity contribution in [3.8, 4) is 6.07 Å². The van der Waals surface area contributed by atoms with Gasteiger partial charge in [0.15, 0.2) is 0 Å². The van der Waals surface area contributed by atoms with Crippen LogP contribution in [0.1, 0.15) is 21.5 Å². The number of benzene rings is 1. The van der Waals surface area contributed by atoms with Gasteiger partial charge in [-0.3, -0.25) is 9.78 Å². The summed E-state index contributed by atoms with van der Waals surface area (Å²) in [5, 5.41) is 11.3. The number of nitrogens with zero attached hydrogens (tertiary/aromatic N) is 2. The molecule has 2 aromatic rings. The molecule has 0 aliphatic heterocycles. The number of carbonyl (C=O) groups is 1. The zero-order valence-corrected chi connectivity index (χ0v) is 9.93. The molecule has 0 saturated heterocycles. The Morgan fingerprint density at radius 3 is 2.68 bits per heavy atom. The topological polar surface area (TPSA) is 65.8 Å². The van der Waals surface area contributed by atoms with Crippen LogP contribution >= 0.6 is 0 Å². The van der Waals surface area contributed by atoms with Crippen LogP contribution in [0.4, 0.5) is 4.39 Å². The summed E-state index contributed by atoms with van der Waals surface area (Å²) in [5.41, 5.74) is 1.59. The minimum absolute atomic E-state index is 0.175. The molecule has 1 aromatic carbocycles. The smallest absolute Gasteiger partial charge is 0.253 e. The highest BCUT2D eigenvalue weighted by Crippen LogP contribution is 2.04. The molecular formula is C14H10FN3O. The minimum atomic E-state index is -0.550. The van der Waals surface area contributed by atoms with E-state index in [4.69, 9.17) is 5.26 Å². The van der Waals surface area contributed by atoms with Gasteiger partial charge in [-0.05, 0) is 23.8 Å². The zero-order chi connectivity index (χ0) is 13.7. The first-order valence-corrected chi connectivity index (χ1v) is 5.57. The van der Waals surface area contributed by atoms with Crippen molar-refractivity contribution in [3.05, 3.63) is 65.2 Å². The Bertz CT molecular complexity index is 632. The van der Waals surface area contributed by atoms with Crippen LogP contribution in [0, 0.1) is 17.1 Å². The average molecular weight is 255 g/mol. The van der Waals surface area contributed by atoms with Crippen molar-refractivity contribution in [1.82, 2.24) is 10.3 Å². The van der Waals surface area contributed by atoms with Gasteiger partial charge in [0.2, 0.25) is 0 Å². The van der Waals surface area contributed by atoms with Crippen LogP contribution in [-0.4, -0.2) is 10.9 Å². The fourth-order valence-corrected chi connectivity index (χ4v) is 1.52. The van der Waals surface area contributed by atoms with Crippen molar-refractivity contribution in [1.29, 1.82) is 5.26 Å². The largest absolute Gasteiger partial charge is 0.348 e. The summed E-state index contributed by atoms with van der Waals surface area (Å²) < 4.78 is 12.9. The SMILES string of the molecule is N#Cc1ccc(CNC(=O)c2cncc(F)c2)cc1. The van der Waals surface area contributed by atoms with Gasteiger partial charge in [-0.2, -0.15) is 5.26 Å². The number of amides is 1. The number of rotatable bonds is 3. The van der Waals surface area contributed by atoms with Crippen LogP contribution < -0.4 is 5.32 Å². The summed E-state index contributed by atoms with van der Waals surface area (Å²) >= 11 is 0. The second-order valence-electron chi connectivity index (χ2n) is 3.88. The van der Waals surface area contributed by atoms with Gasteiger partial charge in [0.05, 0.1) is 23.4 Å². The van der Waals surface area contributed by atoms with Gasteiger partial charge in [0, 0.05) is 12.7 Å². The number of carbonyl (C=O) groups excluding carboxylic acids is 1. The second kappa shape index (κ2) is 5.74. The maximum absolute atomic E-state index is 12.9.